The first-order valence-corrected chi connectivity index (χ1v) is 8.39. The SMILES string of the molecule is O=C1C[C@@H](c2ccc3nonc3c2)c2cnn(Cc3ccccc3)c2N1. The van der Waals surface area contributed by atoms with Crippen molar-refractivity contribution >= 4 is 22.8 Å². The molecule has 1 atom stereocenters. The van der Waals surface area contributed by atoms with Crippen LogP contribution in [0.4, 0.5) is 5.82 Å². The van der Waals surface area contributed by atoms with Gasteiger partial charge in [-0.05, 0) is 33.6 Å². The zero-order valence-electron chi connectivity index (χ0n) is 13.8. The molecule has 0 bridgehead atoms. The Morgan fingerprint density at radius 3 is 2.85 bits per heavy atom. The standard InChI is InChI=1S/C19H15N5O2/c25-18-9-14(13-6-7-16-17(8-13)23-26-22-16)15-10-20-24(19(15)21-18)11-12-4-2-1-3-5-12/h1-8,10,14H,9,11H2,(H,21,25)/t14-/m0/s1. The number of hydrogen-bond donors (Lipinski definition) is 1. The van der Waals surface area contributed by atoms with Crippen LogP contribution in [-0.2, 0) is 11.3 Å². The molecule has 3 heterocycles. The van der Waals surface area contributed by atoms with Gasteiger partial charge in [-0.3, -0.25) is 4.79 Å². The summed E-state index contributed by atoms with van der Waals surface area (Å²) in [7, 11) is 0. The summed E-state index contributed by atoms with van der Waals surface area (Å²) < 4.78 is 6.61. The highest BCUT2D eigenvalue weighted by Gasteiger charge is 2.30. The molecule has 0 unspecified atom stereocenters. The molecule has 1 N–H and O–H groups in total. The normalized spacial score (nSPS) is 16.5. The van der Waals surface area contributed by atoms with Crippen LogP contribution in [0.2, 0.25) is 0 Å². The topological polar surface area (TPSA) is 85.8 Å². The number of fused-ring (bicyclic) bond motifs is 2. The Kier molecular flexibility index (Phi) is 3.31. The van der Waals surface area contributed by atoms with Gasteiger partial charge in [0.25, 0.3) is 0 Å². The number of nitrogens with one attached hydrogen (secondary N) is 1. The fourth-order valence-corrected chi connectivity index (χ4v) is 3.46. The number of carbonyl (C=O) groups is 1. The van der Waals surface area contributed by atoms with Gasteiger partial charge in [-0.2, -0.15) is 5.10 Å². The van der Waals surface area contributed by atoms with Gasteiger partial charge in [-0.25, -0.2) is 9.31 Å². The van der Waals surface area contributed by atoms with Crippen LogP contribution >= 0.6 is 0 Å². The van der Waals surface area contributed by atoms with Gasteiger partial charge in [0.05, 0.1) is 12.7 Å². The molecular weight excluding hydrogens is 330 g/mol. The second-order valence-corrected chi connectivity index (χ2v) is 6.41. The van der Waals surface area contributed by atoms with E-state index in [1.165, 1.54) is 0 Å². The summed E-state index contributed by atoms with van der Waals surface area (Å²) in [5.74, 6) is 0.675. The summed E-state index contributed by atoms with van der Waals surface area (Å²) in [5.41, 5.74) is 4.53. The highest BCUT2D eigenvalue weighted by Crippen LogP contribution is 2.37. The van der Waals surface area contributed by atoms with Crippen LogP contribution in [0.1, 0.15) is 29.0 Å². The lowest BCUT2D eigenvalue weighted by Gasteiger charge is -2.23. The Bertz CT molecular complexity index is 1100. The third-order valence-corrected chi connectivity index (χ3v) is 4.75. The van der Waals surface area contributed by atoms with Gasteiger partial charge in [-0.1, -0.05) is 36.4 Å². The Labute approximate surface area is 148 Å². The molecule has 0 saturated carbocycles. The lowest BCUT2D eigenvalue weighted by Crippen LogP contribution is -2.25. The summed E-state index contributed by atoms with van der Waals surface area (Å²) in [6.45, 7) is 0.607. The van der Waals surface area contributed by atoms with Crippen molar-refractivity contribution in [3.05, 3.63) is 71.4 Å². The van der Waals surface area contributed by atoms with Crippen LogP contribution in [0.15, 0.2) is 59.4 Å². The van der Waals surface area contributed by atoms with Gasteiger partial charge in [0.1, 0.15) is 16.9 Å². The predicted octanol–water partition coefficient (Wildman–Crippen LogP) is 2.94. The molecule has 4 aromatic rings. The summed E-state index contributed by atoms with van der Waals surface area (Å²) in [4.78, 5) is 12.3. The zero-order valence-corrected chi connectivity index (χ0v) is 13.8. The smallest absolute Gasteiger partial charge is 0.226 e. The molecule has 1 amide bonds. The van der Waals surface area contributed by atoms with Gasteiger partial charge in [0.15, 0.2) is 0 Å². The summed E-state index contributed by atoms with van der Waals surface area (Å²) in [5, 5.41) is 15.2. The van der Waals surface area contributed by atoms with E-state index in [9.17, 15) is 4.79 Å². The first kappa shape index (κ1) is 14.8. The molecule has 1 aliphatic rings. The van der Waals surface area contributed by atoms with Crippen molar-refractivity contribution in [2.75, 3.05) is 5.32 Å². The van der Waals surface area contributed by atoms with E-state index in [-0.39, 0.29) is 11.8 Å². The van der Waals surface area contributed by atoms with Crippen LogP contribution in [0.5, 0.6) is 0 Å². The highest BCUT2D eigenvalue weighted by molar-refractivity contribution is 5.94. The van der Waals surface area contributed by atoms with Crippen LogP contribution in [0, 0.1) is 0 Å². The van der Waals surface area contributed by atoms with Gasteiger partial charge < -0.3 is 5.32 Å². The predicted molar refractivity (Wildman–Crippen MR) is 94.7 cm³/mol. The van der Waals surface area contributed by atoms with Crippen molar-refractivity contribution in [2.24, 2.45) is 0 Å². The molecule has 2 aromatic carbocycles. The van der Waals surface area contributed by atoms with Crippen molar-refractivity contribution in [1.82, 2.24) is 20.1 Å². The molecular formula is C19H15N5O2. The minimum Gasteiger partial charge on any atom is -0.311 e. The van der Waals surface area contributed by atoms with E-state index in [0.29, 0.717) is 24.0 Å². The third kappa shape index (κ3) is 2.45. The number of benzene rings is 2. The molecule has 0 saturated heterocycles. The van der Waals surface area contributed by atoms with E-state index in [1.54, 1.807) is 0 Å². The molecule has 7 heteroatoms. The van der Waals surface area contributed by atoms with E-state index in [4.69, 9.17) is 4.63 Å². The number of carbonyl (C=O) groups excluding carboxylic acids is 1. The monoisotopic (exact) mass is 345 g/mol. The van der Waals surface area contributed by atoms with Crippen LogP contribution in [-0.4, -0.2) is 26.0 Å². The molecule has 0 aliphatic carbocycles. The maximum atomic E-state index is 12.3. The Balaban J connectivity index is 1.55. The van der Waals surface area contributed by atoms with Crippen molar-refractivity contribution in [3.8, 4) is 0 Å². The van der Waals surface area contributed by atoms with E-state index in [2.05, 4.69) is 20.7 Å². The number of nitrogens with zero attached hydrogens (tertiary/aromatic N) is 4. The Morgan fingerprint density at radius 2 is 1.96 bits per heavy atom. The average Bonchev–Trinajstić information content (AvgIpc) is 3.28. The molecule has 1 aliphatic heterocycles. The van der Waals surface area contributed by atoms with Crippen molar-refractivity contribution in [1.29, 1.82) is 0 Å². The molecule has 0 radical (unpaired) electrons. The first-order valence-electron chi connectivity index (χ1n) is 8.39. The molecule has 128 valence electrons. The number of rotatable bonds is 3. The van der Waals surface area contributed by atoms with Gasteiger partial charge >= 0.3 is 0 Å². The fourth-order valence-electron chi connectivity index (χ4n) is 3.46. The molecule has 26 heavy (non-hydrogen) atoms. The molecule has 0 spiro atoms. The number of anilines is 1. The highest BCUT2D eigenvalue weighted by atomic mass is 16.6. The summed E-state index contributed by atoms with van der Waals surface area (Å²) >= 11 is 0. The Hall–Kier alpha value is -3.48. The van der Waals surface area contributed by atoms with E-state index in [0.717, 1.165) is 22.5 Å². The lowest BCUT2D eigenvalue weighted by molar-refractivity contribution is -0.116. The van der Waals surface area contributed by atoms with Crippen molar-refractivity contribution in [3.63, 3.8) is 0 Å². The minimum atomic E-state index is -0.0654. The average molecular weight is 345 g/mol. The van der Waals surface area contributed by atoms with E-state index in [1.807, 2.05) is 59.4 Å². The maximum Gasteiger partial charge on any atom is 0.226 e. The van der Waals surface area contributed by atoms with Gasteiger partial charge in [-0.15, -0.1) is 0 Å². The molecule has 0 fully saturated rings. The van der Waals surface area contributed by atoms with Crippen molar-refractivity contribution < 1.29 is 9.42 Å². The first-order chi connectivity index (χ1) is 12.8. The van der Waals surface area contributed by atoms with Gasteiger partial charge in [0.2, 0.25) is 5.91 Å². The summed E-state index contributed by atoms with van der Waals surface area (Å²) in [6.07, 6.45) is 2.22. The number of aromatic nitrogens is 4. The fraction of sp³-hybridized carbons (Fsp3) is 0.158. The van der Waals surface area contributed by atoms with Crippen molar-refractivity contribution in [2.45, 2.75) is 18.9 Å². The molecule has 7 nitrogen and oxygen atoms in total. The third-order valence-electron chi connectivity index (χ3n) is 4.75. The lowest BCUT2D eigenvalue weighted by atomic mass is 9.87. The zero-order chi connectivity index (χ0) is 17.5. The summed E-state index contributed by atoms with van der Waals surface area (Å²) in [6, 6.07) is 15.8. The second-order valence-electron chi connectivity index (χ2n) is 6.41. The largest absolute Gasteiger partial charge is 0.311 e. The van der Waals surface area contributed by atoms with E-state index < -0.39 is 0 Å². The molecule has 5 rings (SSSR count). The number of hydrogen-bond acceptors (Lipinski definition) is 5. The second kappa shape index (κ2) is 5.80. The maximum absolute atomic E-state index is 12.3. The minimum absolute atomic E-state index is 0.0179. The van der Waals surface area contributed by atoms with Gasteiger partial charge in [0, 0.05) is 17.9 Å². The van der Waals surface area contributed by atoms with Crippen LogP contribution in [0.25, 0.3) is 11.0 Å². The molecule has 2 aromatic heterocycles. The quantitative estimate of drug-likeness (QED) is 0.617. The van der Waals surface area contributed by atoms with Crippen LogP contribution in [0.3, 0.4) is 0 Å². The number of amides is 1. The van der Waals surface area contributed by atoms with Crippen LogP contribution < -0.4 is 5.32 Å². The van der Waals surface area contributed by atoms with E-state index >= 15 is 0 Å². The Morgan fingerprint density at radius 1 is 1.12 bits per heavy atom.